The van der Waals surface area contributed by atoms with Crippen molar-refractivity contribution in [3.05, 3.63) is 23.3 Å². The summed E-state index contributed by atoms with van der Waals surface area (Å²) in [6.07, 6.45) is 0. The highest BCUT2D eigenvalue weighted by Gasteiger charge is 2.25. The number of hydrogen-bond donors (Lipinski definition) is 4. The van der Waals surface area contributed by atoms with Gasteiger partial charge in [0.05, 0.1) is 0 Å². The highest BCUT2D eigenvalue weighted by molar-refractivity contribution is 5.49. The molecule has 0 saturated carbocycles. The van der Waals surface area contributed by atoms with E-state index in [-0.39, 0.29) is 11.5 Å². The maximum atomic E-state index is 9.87. The summed E-state index contributed by atoms with van der Waals surface area (Å²) >= 11 is 0. The van der Waals surface area contributed by atoms with Crippen molar-refractivity contribution in [3.63, 3.8) is 0 Å². The van der Waals surface area contributed by atoms with E-state index in [1.807, 2.05) is 0 Å². The van der Waals surface area contributed by atoms with Crippen molar-refractivity contribution in [3.8, 4) is 11.5 Å². The van der Waals surface area contributed by atoms with Gasteiger partial charge in [0.25, 0.3) is 0 Å². The average molecular weight is 224 g/mol. The first-order valence-electron chi connectivity index (χ1n) is 5.18. The molecule has 0 spiro atoms. The molecule has 0 saturated heterocycles. The number of nitrogens with two attached hydrogens (primary N) is 2. The largest absolute Gasteiger partial charge is 0.508 e. The van der Waals surface area contributed by atoms with Crippen LogP contribution in [0.5, 0.6) is 11.5 Å². The molecule has 1 rings (SSSR count). The lowest BCUT2D eigenvalue weighted by Gasteiger charge is -2.25. The fraction of sp³-hybridized carbons (Fsp3) is 0.500. The van der Waals surface area contributed by atoms with Gasteiger partial charge >= 0.3 is 0 Å². The molecule has 0 aliphatic carbocycles. The maximum Gasteiger partial charge on any atom is 0.121 e. The van der Waals surface area contributed by atoms with Gasteiger partial charge in [-0.3, -0.25) is 0 Å². The van der Waals surface area contributed by atoms with Gasteiger partial charge in [-0.1, -0.05) is 0 Å². The number of phenolic OH excluding ortho intramolecular Hbond substituents is 2. The van der Waals surface area contributed by atoms with E-state index in [1.165, 1.54) is 12.1 Å². The lowest BCUT2D eigenvalue weighted by Crippen LogP contribution is -2.31. The average Bonchev–Trinajstić information content (AvgIpc) is 2.04. The van der Waals surface area contributed by atoms with E-state index in [9.17, 15) is 10.2 Å². The van der Waals surface area contributed by atoms with Crippen LogP contribution >= 0.6 is 0 Å². The molecule has 0 bridgehead atoms. The van der Waals surface area contributed by atoms with Crippen molar-refractivity contribution < 1.29 is 10.2 Å². The van der Waals surface area contributed by atoms with E-state index in [4.69, 9.17) is 11.5 Å². The molecule has 0 aliphatic heterocycles. The zero-order valence-electron chi connectivity index (χ0n) is 10.2. The molecule has 1 aromatic rings. The van der Waals surface area contributed by atoms with E-state index in [0.717, 1.165) is 0 Å². The number of phenols is 2. The molecule has 90 valence electrons. The Kier molecular flexibility index (Phi) is 2.92. The lowest BCUT2D eigenvalue weighted by atomic mass is 9.88. The fourth-order valence-electron chi connectivity index (χ4n) is 1.61. The molecule has 0 amide bonds. The van der Waals surface area contributed by atoms with Crippen molar-refractivity contribution in [2.45, 2.75) is 38.8 Å². The van der Waals surface area contributed by atoms with Gasteiger partial charge in [0.2, 0.25) is 0 Å². The Hall–Kier alpha value is -1.26. The molecule has 4 nitrogen and oxygen atoms in total. The summed E-state index contributed by atoms with van der Waals surface area (Å²) in [5, 5.41) is 19.7. The number of aromatic hydroxyl groups is 2. The Labute approximate surface area is 95.9 Å². The van der Waals surface area contributed by atoms with Crippen molar-refractivity contribution >= 4 is 0 Å². The summed E-state index contributed by atoms with van der Waals surface area (Å²) < 4.78 is 0. The molecule has 0 radical (unpaired) electrons. The molecule has 16 heavy (non-hydrogen) atoms. The highest BCUT2D eigenvalue weighted by Crippen LogP contribution is 2.36. The van der Waals surface area contributed by atoms with Crippen molar-refractivity contribution in [1.82, 2.24) is 0 Å². The first-order chi connectivity index (χ1) is 7.03. The van der Waals surface area contributed by atoms with Gasteiger partial charge in [-0.25, -0.2) is 0 Å². The van der Waals surface area contributed by atoms with Crippen LogP contribution in [-0.4, -0.2) is 10.2 Å². The Morgan fingerprint density at radius 3 is 1.25 bits per heavy atom. The first-order valence-corrected chi connectivity index (χ1v) is 5.18. The lowest BCUT2D eigenvalue weighted by molar-refractivity contribution is 0.412. The number of hydrogen-bond acceptors (Lipinski definition) is 4. The van der Waals surface area contributed by atoms with Gasteiger partial charge in [0, 0.05) is 22.2 Å². The molecular weight excluding hydrogens is 204 g/mol. The third-order valence-electron chi connectivity index (χ3n) is 2.50. The van der Waals surface area contributed by atoms with Crippen LogP contribution in [0.15, 0.2) is 12.1 Å². The van der Waals surface area contributed by atoms with Crippen LogP contribution in [0, 0.1) is 0 Å². The molecule has 6 N–H and O–H groups in total. The van der Waals surface area contributed by atoms with Crippen LogP contribution < -0.4 is 11.5 Å². The van der Waals surface area contributed by atoms with E-state index in [2.05, 4.69) is 0 Å². The predicted octanol–water partition coefficient (Wildman–Crippen LogP) is 1.49. The third-order valence-corrected chi connectivity index (χ3v) is 2.50. The van der Waals surface area contributed by atoms with Gasteiger partial charge in [0.15, 0.2) is 0 Å². The van der Waals surface area contributed by atoms with Crippen LogP contribution in [0.4, 0.5) is 0 Å². The van der Waals surface area contributed by atoms with E-state index < -0.39 is 11.1 Å². The zero-order valence-corrected chi connectivity index (χ0v) is 10.2. The highest BCUT2D eigenvalue weighted by atomic mass is 16.3. The second-order valence-corrected chi connectivity index (χ2v) is 5.33. The molecular formula is C12H20N2O2. The van der Waals surface area contributed by atoms with Gasteiger partial charge in [-0.2, -0.15) is 0 Å². The second kappa shape index (κ2) is 3.64. The van der Waals surface area contributed by atoms with Crippen LogP contribution in [0.2, 0.25) is 0 Å². The monoisotopic (exact) mass is 224 g/mol. The Morgan fingerprint density at radius 2 is 1.06 bits per heavy atom. The molecule has 0 fully saturated rings. The second-order valence-electron chi connectivity index (χ2n) is 5.33. The topological polar surface area (TPSA) is 92.5 Å². The molecule has 0 atom stereocenters. The fourth-order valence-corrected chi connectivity index (χ4v) is 1.61. The van der Waals surface area contributed by atoms with Gasteiger partial charge in [-0.05, 0) is 39.8 Å². The van der Waals surface area contributed by atoms with E-state index >= 15 is 0 Å². The van der Waals surface area contributed by atoms with Crippen LogP contribution in [0.25, 0.3) is 0 Å². The number of benzene rings is 1. The van der Waals surface area contributed by atoms with Gasteiger partial charge < -0.3 is 21.7 Å². The number of rotatable bonds is 2. The van der Waals surface area contributed by atoms with Crippen molar-refractivity contribution in [2.24, 2.45) is 11.5 Å². The quantitative estimate of drug-likeness (QED) is 0.573. The van der Waals surface area contributed by atoms with Crippen molar-refractivity contribution in [2.75, 3.05) is 0 Å². The summed E-state index contributed by atoms with van der Waals surface area (Å²) in [6, 6.07) is 2.94. The smallest absolute Gasteiger partial charge is 0.121 e. The van der Waals surface area contributed by atoms with Crippen molar-refractivity contribution in [1.29, 1.82) is 0 Å². The normalized spacial score (nSPS) is 12.9. The van der Waals surface area contributed by atoms with Crippen LogP contribution in [-0.2, 0) is 11.1 Å². The SMILES string of the molecule is CC(C)(N)c1cc(O)c(C(C)(C)N)cc1O. The van der Waals surface area contributed by atoms with E-state index in [1.54, 1.807) is 27.7 Å². The molecule has 0 aromatic heterocycles. The Morgan fingerprint density at radius 1 is 0.812 bits per heavy atom. The summed E-state index contributed by atoms with van der Waals surface area (Å²) in [4.78, 5) is 0. The van der Waals surface area contributed by atoms with Gasteiger partial charge in [0.1, 0.15) is 11.5 Å². The first kappa shape index (κ1) is 12.8. The van der Waals surface area contributed by atoms with Crippen LogP contribution in [0.1, 0.15) is 38.8 Å². The Balaban J connectivity index is 3.40. The Bertz CT molecular complexity index is 361. The summed E-state index contributed by atoms with van der Waals surface area (Å²) in [5.74, 6) is 0.109. The molecule has 0 heterocycles. The zero-order chi connectivity index (χ0) is 12.7. The van der Waals surface area contributed by atoms with Crippen LogP contribution in [0.3, 0.4) is 0 Å². The summed E-state index contributed by atoms with van der Waals surface area (Å²) in [6.45, 7) is 7.03. The molecule has 1 aromatic carbocycles. The molecule has 4 heteroatoms. The molecule has 0 unspecified atom stereocenters. The minimum atomic E-state index is -0.709. The predicted molar refractivity (Wildman–Crippen MR) is 64.2 cm³/mol. The minimum Gasteiger partial charge on any atom is -0.508 e. The summed E-state index contributed by atoms with van der Waals surface area (Å²) in [7, 11) is 0. The maximum absolute atomic E-state index is 9.87. The standard InChI is InChI=1S/C12H20N2O2/c1-11(2,13)7-5-10(16)8(6-9(7)15)12(3,4)14/h5-6,15-16H,13-14H2,1-4H3. The third kappa shape index (κ3) is 2.46. The summed E-state index contributed by atoms with van der Waals surface area (Å²) in [5.41, 5.74) is 11.3. The van der Waals surface area contributed by atoms with E-state index in [0.29, 0.717) is 11.1 Å². The minimum absolute atomic E-state index is 0.0545. The molecule has 0 aliphatic rings. The van der Waals surface area contributed by atoms with Gasteiger partial charge in [-0.15, -0.1) is 0 Å².